The van der Waals surface area contributed by atoms with E-state index in [-0.39, 0.29) is 10.7 Å². The monoisotopic (exact) mass is 520 g/mol. The summed E-state index contributed by atoms with van der Waals surface area (Å²) in [5, 5.41) is 0. The number of imidazole rings is 1. The lowest BCUT2D eigenvalue weighted by atomic mass is 10.1. The van der Waals surface area contributed by atoms with Crippen molar-refractivity contribution in [1.29, 1.82) is 0 Å². The zero-order chi connectivity index (χ0) is 25.8. The van der Waals surface area contributed by atoms with Gasteiger partial charge in [0.15, 0.2) is 9.84 Å². The Morgan fingerprint density at radius 3 is 2.16 bits per heavy atom. The standard InChI is InChI=1S/C28H29FN4O3S/c1-37(34,35)25-9-5-23(6-10-25)28-31-26(21-11-13-30-14-12-21)27(22-3-7-24(29)8-4-22)33(28)16-2-15-32-17-19-36-20-18-32/h3-14H,2,15-20H2,1H3. The smallest absolute Gasteiger partial charge is 0.175 e. The summed E-state index contributed by atoms with van der Waals surface area (Å²) in [6.07, 6.45) is 5.53. The van der Waals surface area contributed by atoms with Crippen LogP contribution in [0.25, 0.3) is 33.9 Å². The van der Waals surface area contributed by atoms with Gasteiger partial charge in [-0.1, -0.05) is 0 Å². The summed E-state index contributed by atoms with van der Waals surface area (Å²) in [5.74, 6) is 0.428. The van der Waals surface area contributed by atoms with Crippen LogP contribution in [0.5, 0.6) is 0 Å². The molecule has 0 bridgehead atoms. The Morgan fingerprint density at radius 1 is 0.865 bits per heavy atom. The number of rotatable bonds is 8. The number of ether oxygens (including phenoxy) is 1. The van der Waals surface area contributed by atoms with Crippen LogP contribution in [0, 0.1) is 5.82 Å². The summed E-state index contributed by atoms with van der Waals surface area (Å²) >= 11 is 0. The lowest BCUT2D eigenvalue weighted by Crippen LogP contribution is -2.37. The van der Waals surface area contributed by atoms with E-state index in [9.17, 15) is 12.8 Å². The van der Waals surface area contributed by atoms with Crippen molar-refractivity contribution in [3.8, 4) is 33.9 Å². The van der Waals surface area contributed by atoms with Crippen LogP contribution in [0.1, 0.15) is 6.42 Å². The maximum Gasteiger partial charge on any atom is 0.175 e. The van der Waals surface area contributed by atoms with Crippen molar-refractivity contribution in [3.63, 3.8) is 0 Å². The molecule has 3 heterocycles. The van der Waals surface area contributed by atoms with E-state index in [0.29, 0.717) is 6.54 Å². The Hall–Kier alpha value is -3.40. The average Bonchev–Trinajstić information content (AvgIpc) is 3.29. The van der Waals surface area contributed by atoms with Gasteiger partial charge < -0.3 is 9.30 Å². The maximum absolute atomic E-state index is 13.8. The number of sulfone groups is 1. The summed E-state index contributed by atoms with van der Waals surface area (Å²) in [6, 6.07) is 17.1. The summed E-state index contributed by atoms with van der Waals surface area (Å²) in [5.41, 5.74) is 4.21. The molecule has 192 valence electrons. The van der Waals surface area contributed by atoms with Crippen LogP contribution in [0.15, 0.2) is 78.0 Å². The molecule has 5 rings (SSSR count). The Bertz CT molecular complexity index is 1450. The van der Waals surface area contributed by atoms with E-state index in [1.807, 2.05) is 12.1 Å². The number of pyridine rings is 1. The summed E-state index contributed by atoms with van der Waals surface area (Å²) < 4.78 is 45.5. The highest BCUT2D eigenvalue weighted by Crippen LogP contribution is 2.36. The summed E-state index contributed by atoms with van der Waals surface area (Å²) in [7, 11) is -3.32. The van der Waals surface area contributed by atoms with Crippen LogP contribution in [-0.2, 0) is 21.1 Å². The van der Waals surface area contributed by atoms with Gasteiger partial charge in [-0.2, -0.15) is 0 Å². The van der Waals surface area contributed by atoms with Gasteiger partial charge >= 0.3 is 0 Å². The van der Waals surface area contributed by atoms with Crippen molar-refractivity contribution < 1.29 is 17.5 Å². The zero-order valence-corrected chi connectivity index (χ0v) is 21.5. The summed E-state index contributed by atoms with van der Waals surface area (Å²) in [4.78, 5) is 11.9. The van der Waals surface area contributed by atoms with Gasteiger partial charge in [0.25, 0.3) is 0 Å². The molecule has 0 radical (unpaired) electrons. The number of nitrogens with zero attached hydrogens (tertiary/aromatic N) is 4. The fraction of sp³-hybridized carbons (Fsp3) is 0.286. The molecule has 0 amide bonds. The van der Waals surface area contributed by atoms with E-state index in [1.54, 1.807) is 48.8 Å². The van der Waals surface area contributed by atoms with Crippen LogP contribution in [-0.4, -0.2) is 67.0 Å². The minimum atomic E-state index is -3.32. The van der Waals surface area contributed by atoms with E-state index < -0.39 is 9.84 Å². The lowest BCUT2D eigenvalue weighted by Gasteiger charge is -2.26. The zero-order valence-electron chi connectivity index (χ0n) is 20.7. The highest BCUT2D eigenvalue weighted by Gasteiger charge is 2.22. The molecule has 0 saturated carbocycles. The van der Waals surface area contributed by atoms with Gasteiger partial charge in [0.1, 0.15) is 11.6 Å². The minimum Gasteiger partial charge on any atom is -0.379 e. The van der Waals surface area contributed by atoms with Gasteiger partial charge in [0.2, 0.25) is 0 Å². The first kappa shape index (κ1) is 25.3. The number of benzene rings is 2. The molecule has 4 aromatic rings. The van der Waals surface area contributed by atoms with E-state index in [1.165, 1.54) is 18.4 Å². The van der Waals surface area contributed by atoms with Crippen molar-refractivity contribution in [3.05, 3.63) is 78.9 Å². The van der Waals surface area contributed by atoms with E-state index in [2.05, 4.69) is 14.5 Å². The quantitative estimate of drug-likeness (QED) is 0.339. The molecule has 0 aliphatic carbocycles. The second-order valence-electron chi connectivity index (χ2n) is 9.13. The van der Waals surface area contributed by atoms with Crippen LogP contribution in [0.3, 0.4) is 0 Å². The molecular formula is C28H29FN4O3S. The third kappa shape index (κ3) is 5.79. The van der Waals surface area contributed by atoms with Crippen LogP contribution in [0.2, 0.25) is 0 Å². The fourth-order valence-electron chi connectivity index (χ4n) is 4.63. The van der Waals surface area contributed by atoms with Gasteiger partial charge in [0.05, 0.1) is 29.5 Å². The van der Waals surface area contributed by atoms with Crippen molar-refractivity contribution in [2.24, 2.45) is 0 Å². The predicted molar refractivity (Wildman–Crippen MR) is 141 cm³/mol. The minimum absolute atomic E-state index is 0.259. The molecule has 0 spiro atoms. The molecule has 37 heavy (non-hydrogen) atoms. The Labute approximate surface area is 216 Å². The van der Waals surface area contributed by atoms with Gasteiger partial charge in [-0.15, -0.1) is 0 Å². The molecule has 9 heteroatoms. The third-order valence-corrected chi connectivity index (χ3v) is 7.67. The van der Waals surface area contributed by atoms with E-state index in [4.69, 9.17) is 9.72 Å². The van der Waals surface area contributed by atoms with Crippen molar-refractivity contribution in [1.82, 2.24) is 19.4 Å². The van der Waals surface area contributed by atoms with E-state index in [0.717, 1.165) is 73.2 Å². The molecule has 0 N–H and O–H groups in total. The largest absolute Gasteiger partial charge is 0.379 e. The molecule has 2 aromatic carbocycles. The first-order valence-electron chi connectivity index (χ1n) is 12.3. The van der Waals surface area contributed by atoms with Crippen molar-refractivity contribution in [2.45, 2.75) is 17.9 Å². The fourth-order valence-corrected chi connectivity index (χ4v) is 5.26. The lowest BCUT2D eigenvalue weighted by molar-refractivity contribution is 0.0369. The topological polar surface area (TPSA) is 77.3 Å². The Balaban J connectivity index is 1.62. The predicted octanol–water partition coefficient (Wildman–Crippen LogP) is 4.54. The van der Waals surface area contributed by atoms with Crippen molar-refractivity contribution in [2.75, 3.05) is 39.1 Å². The highest BCUT2D eigenvalue weighted by atomic mass is 32.2. The average molecular weight is 521 g/mol. The van der Waals surface area contributed by atoms with Gasteiger partial charge in [-0.05, 0) is 67.1 Å². The van der Waals surface area contributed by atoms with Crippen LogP contribution >= 0.6 is 0 Å². The molecule has 1 aliphatic heterocycles. The molecule has 1 saturated heterocycles. The maximum atomic E-state index is 13.8. The first-order valence-corrected chi connectivity index (χ1v) is 14.2. The number of hydrogen-bond acceptors (Lipinski definition) is 6. The first-order chi connectivity index (χ1) is 17.9. The molecule has 0 atom stereocenters. The molecule has 0 unspecified atom stereocenters. The molecule has 1 fully saturated rings. The Morgan fingerprint density at radius 2 is 1.51 bits per heavy atom. The van der Waals surface area contributed by atoms with Crippen LogP contribution < -0.4 is 0 Å². The second-order valence-corrected chi connectivity index (χ2v) is 11.1. The molecule has 7 nitrogen and oxygen atoms in total. The highest BCUT2D eigenvalue weighted by molar-refractivity contribution is 7.90. The second kappa shape index (κ2) is 10.9. The van der Waals surface area contributed by atoms with Crippen LogP contribution in [0.4, 0.5) is 4.39 Å². The normalized spacial score (nSPS) is 14.6. The van der Waals surface area contributed by atoms with Gasteiger partial charge in [-0.3, -0.25) is 9.88 Å². The van der Waals surface area contributed by atoms with Gasteiger partial charge in [0, 0.05) is 61.5 Å². The Kier molecular flexibility index (Phi) is 7.45. The number of aromatic nitrogens is 3. The van der Waals surface area contributed by atoms with E-state index >= 15 is 0 Å². The molecular weight excluding hydrogens is 491 g/mol. The number of halogens is 1. The van der Waals surface area contributed by atoms with Crippen molar-refractivity contribution >= 4 is 9.84 Å². The molecule has 2 aromatic heterocycles. The third-order valence-electron chi connectivity index (χ3n) is 6.54. The number of hydrogen-bond donors (Lipinski definition) is 0. The summed E-state index contributed by atoms with van der Waals surface area (Å²) in [6.45, 7) is 4.92. The molecule has 1 aliphatic rings. The SMILES string of the molecule is CS(=O)(=O)c1ccc(-c2nc(-c3ccncc3)c(-c3ccc(F)cc3)n2CCCN2CCOCC2)cc1. The number of morpholine rings is 1. The van der Waals surface area contributed by atoms with Gasteiger partial charge in [-0.25, -0.2) is 17.8 Å².